The van der Waals surface area contributed by atoms with Gasteiger partial charge >= 0.3 is 6.03 Å². The SMILES string of the molecule is CCC(C)c1ccc(N(Cc2ccc(C(=O)N=C(N)N=N)cc2)C(=O)Nc2cccc([S+](C)(=O)O)c2)cc1. The van der Waals surface area contributed by atoms with Gasteiger partial charge in [-0.1, -0.05) is 48.4 Å². The van der Waals surface area contributed by atoms with Crippen molar-refractivity contribution >= 4 is 39.5 Å². The number of guanidine groups is 1. The first-order valence-electron chi connectivity index (χ1n) is 11.9. The van der Waals surface area contributed by atoms with Crippen LogP contribution in [-0.2, 0) is 21.0 Å². The van der Waals surface area contributed by atoms with Crippen LogP contribution in [0.25, 0.3) is 0 Å². The first-order valence-corrected chi connectivity index (χ1v) is 13.8. The number of hydrogen-bond donors (Lipinski definition) is 4. The summed E-state index contributed by atoms with van der Waals surface area (Å²) in [6.45, 7) is 4.43. The zero-order valence-electron chi connectivity index (χ0n) is 21.4. The highest BCUT2D eigenvalue weighted by atomic mass is 32.3. The van der Waals surface area contributed by atoms with Gasteiger partial charge in [0.25, 0.3) is 5.91 Å². The van der Waals surface area contributed by atoms with Gasteiger partial charge in [-0.05, 0) is 59.9 Å². The molecule has 3 amide bonds. The lowest BCUT2D eigenvalue weighted by molar-refractivity contribution is 0.100. The minimum Gasteiger partial charge on any atom is -0.366 e. The molecule has 0 heterocycles. The molecule has 0 saturated carbocycles. The number of nitrogens with zero attached hydrogens (tertiary/aromatic N) is 3. The van der Waals surface area contributed by atoms with Crippen LogP contribution in [0.1, 0.15) is 47.7 Å². The lowest BCUT2D eigenvalue weighted by Gasteiger charge is -2.24. The van der Waals surface area contributed by atoms with E-state index in [1.807, 2.05) is 24.3 Å². The van der Waals surface area contributed by atoms with Crippen LogP contribution >= 0.6 is 0 Å². The van der Waals surface area contributed by atoms with Gasteiger partial charge < -0.3 is 11.1 Å². The van der Waals surface area contributed by atoms with Crippen LogP contribution in [0.15, 0.2) is 87.8 Å². The van der Waals surface area contributed by atoms with Crippen molar-refractivity contribution in [3.63, 3.8) is 0 Å². The Labute approximate surface area is 222 Å². The molecule has 0 spiro atoms. The molecule has 11 heteroatoms. The second kappa shape index (κ2) is 12.3. The predicted octanol–water partition coefficient (Wildman–Crippen LogP) is 5.89. The molecule has 3 aromatic rings. The Kier molecular flexibility index (Phi) is 9.21. The average Bonchev–Trinajstić information content (AvgIpc) is 2.91. The monoisotopic (exact) mass is 535 g/mol. The summed E-state index contributed by atoms with van der Waals surface area (Å²) in [6, 6.07) is 20.1. The van der Waals surface area contributed by atoms with E-state index >= 15 is 0 Å². The van der Waals surface area contributed by atoms with Crippen molar-refractivity contribution < 1.29 is 18.4 Å². The summed E-state index contributed by atoms with van der Waals surface area (Å²) in [5.41, 5.74) is 15.3. The summed E-state index contributed by atoms with van der Waals surface area (Å²) in [7, 11) is -3.19. The molecular weight excluding hydrogens is 504 g/mol. The van der Waals surface area contributed by atoms with E-state index in [1.54, 1.807) is 41.3 Å². The van der Waals surface area contributed by atoms with E-state index in [-0.39, 0.29) is 17.0 Å². The predicted molar refractivity (Wildman–Crippen MR) is 149 cm³/mol. The van der Waals surface area contributed by atoms with Crippen molar-refractivity contribution in [1.82, 2.24) is 0 Å². The first kappa shape index (κ1) is 28.4. The number of aliphatic imine (C=N–C) groups is 1. The van der Waals surface area contributed by atoms with Gasteiger partial charge in [0, 0.05) is 23.0 Å². The van der Waals surface area contributed by atoms with E-state index < -0.39 is 28.1 Å². The highest BCUT2D eigenvalue weighted by Crippen LogP contribution is 2.25. The molecule has 3 rings (SSSR count). The number of carbonyl (C=O) groups excluding carboxylic acids is 2. The molecule has 2 atom stereocenters. The molecule has 2 unspecified atom stereocenters. The molecule has 0 aliphatic rings. The largest absolute Gasteiger partial charge is 0.366 e. The summed E-state index contributed by atoms with van der Waals surface area (Å²) in [5.74, 6) is -0.690. The number of carbonyl (C=O) groups is 2. The molecule has 5 N–H and O–H groups in total. The number of amides is 3. The molecule has 3 aromatic carbocycles. The molecule has 0 aromatic heterocycles. The van der Waals surface area contributed by atoms with Crippen LogP contribution in [0.4, 0.5) is 16.2 Å². The maximum Gasteiger partial charge on any atom is 0.326 e. The lowest BCUT2D eigenvalue weighted by atomic mass is 9.98. The van der Waals surface area contributed by atoms with Gasteiger partial charge in [-0.15, -0.1) is 5.11 Å². The number of anilines is 2. The van der Waals surface area contributed by atoms with Crippen LogP contribution in [0, 0.1) is 5.53 Å². The third-order valence-corrected chi connectivity index (χ3v) is 7.15. The maximum absolute atomic E-state index is 13.4. The van der Waals surface area contributed by atoms with Crippen LogP contribution in [0.2, 0.25) is 0 Å². The summed E-state index contributed by atoms with van der Waals surface area (Å²) < 4.78 is 22.0. The second-order valence-corrected chi connectivity index (χ2v) is 10.9. The Hall–Kier alpha value is -4.22. The number of hydrogen-bond acceptors (Lipinski definition) is 4. The fourth-order valence-corrected chi connectivity index (χ4v) is 4.30. The van der Waals surface area contributed by atoms with E-state index in [0.717, 1.165) is 17.5 Å². The van der Waals surface area contributed by atoms with Crippen LogP contribution < -0.4 is 16.0 Å². The second-order valence-electron chi connectivity index (χ2n) is 8.83. The van der Waals surface area contributed by atoms with Gasteiger partial charge in [0.1, 0.15) is 6.26 Å². The van der Waals surface area contributed by atoms with Crippen molar-refractivity contribution in [2.75, 3.05) is 16.5 Å². The molecule has 0 fully saturated rings. The van der Waals surface area contributed by atoms with Gasteiger partial charge in [-0.3, -0.25) is 9.69 Å². The highest BCUT2D eigenvalue weighted by Gasteiger charge is 2.23. The van der Waals surface area contributed by atoms with Gasteiger partial charge in [-0.2, -0.15) is 9.55 Å². The van der Waals surface area contributed by atoms with E-state index in [9.17, 15) is 18.4 Å². The van der Waals surface area contributed by atoms with Gasteiger partial charge in [0.05, 0.1) is 6.54 Å². The maximum atomic E-state index is 13.4. The third-order valence-electron chi connectivity index (χ3n) is 6.03. The minimum absolute atomic E-state index is 0.181. The zero-order valence-corrected chi connectivity index (χ0v) is 22.2. The molecule has 198 valence electrons. The summed E-state index contributed by atoms with van der Waals surface area (Å²) in [6.07, 6.45) is 2.21. The highest BCUT2D eigenvalue weighted by molar-refractivity contribution is 7.97. The van der Waals surface area contributed by atoms with Crippen molar-refractivity contribution in [2.45, 2.75) is 37.6 Å². The standard InChI is InChI=1S/C27H30N6O4S/c1-4-18(2)20-12-14-23(15-13-20)33(27(35)30-22-6-5-7-24(16-22)38(3,36)37)17-19-8-10-21(11-9-19)25(34)31-26(28)32-29/h5-16,18,29H,4,17H2,1-3H3,(H3-,28,30,31,34,35,36,37)/p+1. The lowest BCUT2D eigenvalue weighted by Crippen LogP contribution is -2.34. The number of rotatable bonds is 8. The fourth-order valence-electron chi connectivity index (χ4n) is 3.63. The Morgan fingerprint density at radius 1 is 1.11 bits per heavy atom. The number of nitrogens with two attached hydrogens (primary N) is 1. The quantitative estimate of drug-likeness (QED) is 0.122. The number of benzene rings is 3. The number of urea groups is 1. The number of nitrogens with one attached hydrogen (secondary N) is 2. The summed E-state index contributed by atoms with van der Waals surface area (Å²) >= 11 is 0. The van der Waals surface area contributed by atoms with E-state index in [1.165, 1.54) is 18.4 Å². The van der Waals surface area contributed by atoms with Crippen molar-refractivity contribution in [1.29, 1.82) is 5.53 Å². The van der Waals surface area contributed by atoms with Crippen LogP contribution in [-0.4, -0.2) is 28.7 Å². The van der Waals surface area contributed by atoms with E-state index in [0.29, 0.717) is 17.3 Å². The Bertz CT molecular complexity index is 1380. The molecular formula is C27H31N6O4S+. The fraction of sp³-hybridized carbons (Fsp3) is 0.222. The molecule has 10 nitrogen and oxygen atoms in total. The molecule has 38 heavy (non-hydrogen) atoms. The Balaban J connectivity index is 1.90. The summed E-state index contributed by atoms with van der Waals surface area (Å²) in [4.78, 5) is 30.9. The molecule has 0 aliphatic carbocycles. The van der Waals surface area contributed by atoms with E-state index in [2.05, 4.69) is 29.3 Å². The van der Waals surface area contributed by atoms with Gasteiger partial charge in [0.2, 0.25) is 16.2 Å². The topological polar surface area (TPSA) is 161 Å². The van der Waals surface area contributed by atoms with Gasteiger partial charge in [0.15, 0.2) is 4.90 Å². The van der Waals surface area contributed by atoms with E-state index in [4.69, 9.17) is 11.3 Å². The molecule has 0 saturated heterocycles. The zero-order chi connectivity index (χ0) is 27.9. The first-order chi connectivity index (χ1) is 18.0. The minimum atomic E-state index is -3.19. The van der Waals surface area contributed by atoms with Crippen molar-refractivity contribution in [3.8, 4) is 0 Å². The van der Waals surface area contributed by atoms with Crippen molar-refractivity contribution in [2.24, 2.45) is 15.8 Å². The van der Waals surface area contributed by atoms with Crippen molar-refractivity contribution in [3.05, 3.63) is 89.5 Å². The molecule has 0 radical (unpaired) electrons. The third kappa shape index (κ3) is 7.40. The molecule has 0 bridgehead atoms. The average molecular weight is 536 g/mol. The summed E-state index contributed by atoms with van der Waals surface area (Å²) in [5, 5.41) is 5.73. The smallest absolute Gasteiger partial charge is 0.326 e. The van der Waals surface area contributed by atoms with Crippen LogP contribution in [0.5, 0.6) is 0 Å². The normalized spacial score (nSPS) is 13.7. The van der Waals surface area contributed by atoms with Gasteiger partial charge in [-0.25, -0.2) is 10.3 Å². The Morgan fingerprint density at radius 2 is 1.76 bits per heavy atom. The Morgan fingerprint density at radius 3 is 2.34 bits per heavy atom. The van der Waals surface area contributed by atoms with Crippen LogP contribution in [0.3, 0.4) is 0 Å². The molecule has 0 aliphatic heterocycles.